The Bertz CT molecular complexity index is 469. The summed E-state index contributed by atoms with van der Waals surface area (Å²) in [5.41, 5.74) is 0. The van der Waals surface area contributed by atoms with Crippen molar-refractivity contribution in [2.24, 2.45) is 0 Å². The van der Waals surface area contributed by atoms with E-state index in [0.29, 0.717) is 21.8 Å². The first-order valence-electron chi connectivity index (χ1n) is 4.93. The standard InChI is InChI=1S/C10H12BrCl2NO2S/c1-2-9(6-11)14-17(15,16)10-4-7(12)3-8(13)5-10/h3-5,9,14H,2,6H2,1H3. The van der Waals surface area contributed by atoms with Crippen LogP contribution in [0.2, 0.25) is 10.0 Å². The Balaban J connectivity index is 3.04. The Labute approximate surface area is 120 Å². The molecule has 0 bridgehead atoms. The average Bonchev–Trinajstić information content (AvgIpc) is 2.24. The molecule has 0 spiro atoms. The molecule has 0 amide bonds. The monoisotopic (exact) mass is 359 g/mol. The second-order valence-electron chi connectivity index (χ2n) is 3.49. The minimum Gasteiger partial charge on any atom is -0.207 e. The lowest BCUT2D eigenvalue weighted by atomic mass is 10.3. The van der Waals surface area contributed by atoms with E-state index in [1.807, 2.05) is 6.92 Å². The average molecular weight is 361 g/mol. The molecule has 0 heterocycles. The molecule has 1 atom stereocenters. The van der Waals surface area contributed by atoms with Crippen LogP contribution in [-0.4, -0.2) is 19.8 Å². The van der Waals surface area contributed by atoms with E-state index in [1.165, 1.54) is 18.2 Å². The summed E-state index contributed by atoms with van der Waals surface area (Å²) in [5.74, 6) is 0. The molecule has 0 saturated heterocycles. The van der Waals surface area contributed by atoms with Gasteiger partial charge in [-0.1, -0.05) is 46.1 Å². The van der Waals surface area contributed by atoms with Gasteiger partial charge in [0.2, 0.25) is 10.0 Å². The van der Waals surface area contributed by atoms with Gasteiger partial charge in [-0.05, 0) is 24.6 Å². The Kier molecular flexibility index (Phi) is 5.73. The third-order valence-electron chi connectivity index (χ3n) is 2.15. The fourth-order valence-corrected chi connectivity index (χ4v) is 4.07. The summed E-state index contributed by atoms with van der Waals surface area (Å²) in [5, 5.41) is 1.14. The molecule has 0 aliphatic rings. The molecular formula is C10H12BrCl2NO2S. The number of hydrogen-bond acceptors (Lipinski definition) is 2. The minimum absolute atomic E-state index is 0.0781. The van der Waals surface area contributed by atoms with Crippen molar-refractivity contribution in [1.29, 1.82) is 0 Å². The second-order valence-corrected chi connectivity index (χ2v) is 6.72. The van der Waals surface area contributed by atoms with E-state index >= 15 is 0 Å². The number of nitrogens with one attached hydrogen (secondary N) is 1. The third-order valence-corrected chi connectivity index (χ3v) is 4.87. The minimum atomic E-state index is -3.58. The molecule has 17 heavy (non-hydrogen) atoms. The van der Waals surface area contributed by atoms with Crippen LogP contribution < -0.4 is 4.72 Å². The van der Waals surface area contributed by atoms with Crippen molar-refractivity contribution in [3.8, 4) is 0 Å². The quantitative estimate of drug-likeness (QED) is 0.817. The van der Waals surface area contributed by atoms with Crippen molar-refractivity contribution in [1.82, 2.24) is 4.72 Å². The molecule has 0 saturated carbocycles. The Morgan fingerprint density at radius 3 is 2.24 bits per heavy atom. The SMILES string of the molecule is CCC(CBr)NS(=O)(=O)c1cc(Cl)cc(Cl)c1. The maximum absolute atomic E-state index is 12.0. The fourth-order valence-electron chi connectivity index (χ4n) is 1.20. The van der Waals surface area contributed by atoms with E-state index in [4.69, 9.17) is 23.2 Å². The molecule has 0 fully saturated rings. The Morgan fingerprint density at radius 1 is 1.29 bits per heavy atom. The Morgan fingerprint density at radius 2 is 1.82 bits per heavy atom. The van der Waals surface area contributed by atoms with Gasteiger partial charge in [-0.25, -0.2) is 13.1 Å². The first-order chi connectivity index (χ1) is 7.89. The van der Waals surface area contributed by atoms with Gasteiger partial charge >= 0.3 is 0 Å². The molecule has 3 nitrogen and oxygen atoms in total. The van der Waals surface area contributed by atoms with Crippen molar-refractivity contribution in [2.75, 3.05) is 5.33 Å². The predicted molar refractivity (Wildman–Crippen MR) is 74.7 cm³/mol. The second kappa shape index (κ2) is 6.38. The topological polar surface area (TPSA) is 46.2 Å². The molecule has 7 heteroatoms. The van der Waals surface area contributed by atoms with Gasteiger partial charge in [-0.3, -0.25) is 0 Å². The van der Waals surface area contributed by atoms with Crippen molar-refractivity contribution in [3.63, 3.8) is 0 Å². The van der Waals surface area contributed by atoms with Gasteiger partial charge in [0.05, 0.1) is 4.90 Å². The summed E-state index contributed by atoms with van der Waals surface area (Å²) >= 11 is 14.8. The van der Waals surface area contributed by atoms with E-state index in [0.717, 1.165) is 0 Å². The number of rotatable bonds is 5. The zero-order valence-electron chi connectivity index (χ0n) is 9.08. The van der Waals surface area contributed by atoms with Crippen molar-refractivity contribution < 1.29 is 8.42 Å². The summed E-state index contributed by atoms with van der Waals surface area (Å²) in [6.07, 6.45) is 0.693. The van der Waals surface area contributed by atoms with E-state index in [1.54, 1.807) is 0 Å². The molecular weight excluding hydrogens is 349 g/mol. The highest BCUT2D eigenvalue weighted by Gasteiger charge is 2.19. The lowest BCUT2D eigenvalue weighted by Gasteiger charge is -2.14. The van der Waals surface area contributed by atoms with Gasteiger partial charge in [0.25, 0.3) is 0 Å². The molecule has 96 valence electrons. The Hall–Kier alpha value is 0.190. The van der Waals surface area contributed by atoms with E-state index in [2.05, 4.69) is 20.7 Å². The smallest absolute Gasteiger partial charge is 0.207 e. The van der Waals surface area contributed by atoms with Gasteiger partial charge in [-0.2, -0.15) is 0 Å². The van der Waals surface area contributed by atoms with E-state index in [9.17, 15) is 8.42 Å². The van der Waals surface area contributed by atoms with Crippen LogP contribution in [0.25, 0.3) is 0 Å². The molecule has 0 radical (unpaired) electrons. The van der Waals surface area contributed by atoms with E-state index in [-0.39, 0.29) is 10.9 Å². The highest BCUT2D eigenvalue weighted by Crippen LogP contribution is 2.22. The van der Waals surface area contributed by atoms with Crippen LogP contribution in [0.15, 0.2) is 23.1 Å². The fraction of sp³-hybridized carbons (Fsp3) is 0.400. The molecule has 0 aromatic heterocycles. The summed E-state index contributed by atoms with van der Waals surface area (Å²) in [6, 6.07) is 4.08. The van der Waals surface area contributed by atoms with Gasteiger partial charge in [0.1, 0.15) is 0 Å². The van der Waals surface area contributed by atoms with Crippen molar-refractivity contribution in [2.45, 2.75) is 24.3 Å². The van der Waals surface area contributed by atoms with Gasteiger partial charge in [-0.15, -0.1) is 0 Å². The van der Waals surface area contributed by atoms with Crippen LogP contribution in [0.3, 0.4) is 0 Å². The number of sulfonamides is 1. The molecule has 1 aromatic rings. The normalized spacial score (nSPS) is 13.6. The van der Waals surface area contributed by atoms with Crippen LogP contribution in [0.1, 0.15) is 13.3 Å². The summed E-state index contributed by atoms with van der Waals surface area (Å²) in [4.78, 5) is 0.0781. The van der Waals surface area contributed by atoms with Crippen LogP contribution in [0.5, 0.6) is 0 Å². The van der Waals surface area contributed by atoms with E-state index < -0.39 is 10.0 Å². The number of halogens is 3. The molecule has 1 unspecified atom stereocenters. The third kappa shape index (κ3) is 4.41. The first kappa shape index (κ1) is 15.2. The number of alkyl halides is 1. The van der Waals surface area contributed by atoms with Crippen LogP contribution in [-0.2, 0) is 10.0 Å². The zero-order chi connectivity index (χ0) is 13.1. The summed E-state index contributed by atoms with van der Waals surface area (Å²) < 4.78 is 26.6. The first-order valence-corrected chi connectivity index (χ1v) is 8.29. The number of hydrogen-bond donors (Lipinski definition) is 1. The van der Waals surface area contributed by atoms with Crippen molar-refractivity contribution in [3.05, 3.63) is 28.2 Å². The lowest BCUT2D eigenvalue weighted by molar-refractivity contribution is 0.559. The van der Waals surface area contributed by atoms with Crippen LogP contribution in [0.4, 0.5) is 0 Å². The maximum Gasteiger partial charge on any atom is 0.240 e. The molecule has 0 aliphatic carbocycles. The molecule has 1 rings (SSSR count). The van der Waals surface area contributed by atoms with Gasteiger partial charge in [0.15, 0.2) is 0 Å². The van der Waals surface area contributed by atoms with Crippen LogP contribution in [0, 0.1) is 0 Å². The summed E-state index contributed by atoms with van der Waals surface area (Å²) in [7, 11) is -3.58. The largest absolute Gasteiger partial charge is 0.240 e. The van der Waals surface area contributed by atoms with Gasteiger partial charge in [0, 0.05) is 21.4 Å². The lowest BCUT2D eigenvalue weighted by Crippen LogP contribution is -2.35. The highest BCUT2D eigenvalue weighted by atomic mass is 79.9. The highest BCUT2D eigenvalue weighted by molar-refractivity contribution is 9.09. The molecule has 1 aromatic carbocycles. The molecule has 0 aliphatic heterocycles. The van der Waals surface area contributed by atoms with Gasteiger partial charge < -0.3 is 0 Å². The van der Waals surface area contributed by atoms with Crippen LogP contribution >= 0.6 is 39.1 Å². The zero-order valence-corrected chi connectivity index (χ0v) is 13.0. The molecule has 1 N–H and O–H groups in total. The van der Waals surface area contributed by atoms with Crippen molar-refractivity contribution >= 4 is 49.2 Å². The maximum atomic E-state index is 12.0. The summed E-state index contributed by atoms with van der Waals surface area (Å²) in [6.45, 7) is 1.90. The predicted octanol–water partition coefficient (Wildman–Crippen LogP) is 3.45. The number of benzene rings is 1.